The van der Waals surface area contributed by atoms with Gasteiger partial charge in [0.2, 0.25) is 0 Å². The second-order valence-electron chi connectivity index (χ2n) is 5.98. The fourth-order valence-corrected chi connectivity index (χ4v) is 6.52. The summed E-state index contributed by atoms with van der Waals surface area (Å²) in [7, 11) is 0. The van der Waals surface area contributed by atoms with E-state index in [9.17, 15) is 0 Å². The monoisotopic (exact) mass is 494 g/mol. The van der Waals surface area contributed by atoms with Crippen LogP contribution in [0.2, 0.25) is 0 Å². The number of nitrogens with one attached hydrogen (secondary N) is 1. The van der Waals surface area contributed by atoms with Gasteiger partial charge in [-0.05, 0) is 75.6 Å². The molecule has 0 radical (unpaired) electrons. The van der Waals surface area contributed by atoms with Gasteiger partial charge in [-0.15, -0.1) is 0 Å². The predicted molar refractivity (Wildman–Crippen MR) is 103 cm³/mol. The van der Waals surface area contributed by atoms with Crippen LogP contribution < -0.4 is 5.32 Å². The van der Waals surface area contributed by atoms with Gasteiger partial charge in [-0.3, -0.25) is 4.99 Å². The van der Waals surface area contributed by atoms with E-state index in [-0.39, 0.29) is 5.54 Å². The second kappa shape index (κ2) is 6.54. The number of hydrogen-bond donors (Lipinski definition) is 1. The maximum Gasteiger partial charge on any atom is 0.161 e. The molecule has 2 aliphatic rings. The Morgan fingerprint density at radius 3 is 2.43 bits per heavy atom. The van der Waals surface area contributed by atoms with Crippen LogP contribution in [-0.4, -0.2) is 16.5 Å². The SMILES string of the molecule is CC1CCC2(CC1)CSC(Nc1c(Br)cc(Br)cc1Br)=N2. The highest BCUT2D eigenvalue weighted by Crippen LogP contribution is 2.43. The van der Waals surface area contributed by atoms with Crippen LogP contribution in [0.25, 0.3) is 0 Å². The maximum atomic E-state index is 5.03. The van der Waals surface area contributed by atoms with E-state index in [1.165, 1.54) is 25.7 Å². The van der Waals surface area contributed by atoms with Crippen molar-refractivity contribution in [1.82, 2.24) is 0 Å². The zero-order valence-corrected chi connectivity index (χ0v) is 17.3. The molecular formula is C15H17Br3N2S. The largest absolute Gasteiger partial charge is 0.333 e. The predicted octanol–water partition coefficient (Wildman–Crippen LogP) is 6.44. The standard InChI is InChI=1S/C15H17Br3N2S/c1-9-2-4-15(5-3-9)8-21-14(20-15)19-13-11(17)6-10(16)7-12(13)18/h6-7,9H,2-5,8H2,1H3,(H,19,20). The first-order valence-corrected chi connectivity index (χ1v) is 10.5. The fourth-order valence-electron chi connectivity index (χ4n) is 2.87. The molecule has 1 spiro atoms. The number of nitrogens with zero attached hydrogens (tertiary/aromatic N) is 1. The van der Waals surface area contributed by atoms with Gasteiger partial charge in [0.25, 0.3) is 0 Å². The number of benzene rings is 1. The van der Waals surface area contributed by atoms with E-state index in [2.05, 4.69) is 60.0 Å². The Hall–Kier alpha value is 0.480. The van der Waals surface area contributed by atoms with Crippen molar-refractivity contribution in [1.29, 1.82) is 0 Å². The molecule has 0 unspecified atom stereocenters. The summed E-state index contributed by atoms with van der Waals surface area (Å²) in [5, 5.41) is 4.54. The van der Waals surface area contributed by atoms with Crippen LogP contribution in [0, 0.1) is 5.92 Å². The lowest BCUT2D eigenvalue weighted by molar-refractivity contribution is 0.273. The summed E-state index contributed by atoms with van der Waals surface area (Å²) >= 11 is 12.6. The lowest BCUT2D eigenvalue weighted by Crippen LogP contribution is -2.32. The van der Waals surface area contributed by atoms with Crippen molar-refractivity contribution in [2.75, 3.05) is 11.1 Å². The van der Waals surface area contributed by atoms with Crippen LogP contribution in [0.1, 0.15) is 32.6 Å². The highest BCUT2D eigenvalue weighted by atomic mass is 79.9. The Bertz CT molecular complexity index is 557. The summed E-state index contributed by atoms with van der Waals surface area (Å²) in [4.78, 5) is 5.03. The average molecular weight is 497 g/mol. The van der Waals surface area contributed by atoms with Crippen LogP contribution in [0.3, 0.4) is 0 Å². The number of thioether (sulfide) groups is 1. The van der Waals surface area contributed by atoms with Gasteiger partial charge < -0.3 is 5.32 Å². The summed E-state index contributed by atoms with van der Waals surface area (Å²) in [6.45, 7) is 2.36. The molecule has 1 aliphatic carbocycles. The first-order chi connectivity index (χ1) is 9.97. The Labute approximate surface area is 155 Å². The van der Waals surface area contributed by atoms with Gasteiger partial charge in [0.15, 0.2) is 5.17 Å². The minimum atomic E-state index is 0.188. The molecule has 1 aromatic carbocycles. The Balaban J connectivity index is 1.77. The molecule has 3 rings (SSSR count). The quantitative estimate of drug-likeness (QED) is 0.484. The van der Waals surface area contributed by atoms with Crippen molar-refractivity contribution in [2.24, 2.45) is 10.9 Å². The molecule has 114 valence electrons. The third kappa shape index (κ3) is 3.70. The van der Waals surface area contributed by atoms with Crippen molar-refractivity contribution < 1.29 is 0 Å². The number of amidine groups is 1. The Morgan fingerprint density at radius 2 is 1.81 bits per heavy atom. The third-order valence-electron chi connectivity index (χ3n) is 4.26. The molecule has 1 N–H and O–H groups in total. The van der Waals surface area contributed by atoms with E-state index < -0.39 is 0 Å². The van der Waals surface area contributed by atoms with E-state index >= 15 is 0 Å². The number of aliphatic imine (C=N–C) groups is 1. The molecule has 6 heteroatoms. The normalized spacial score (nSPS) is 28.8. The molecule has 2 nitrogen and oxygen atoms in total. The lowest BCUT2D eigenvalue weighted by atomic mass is 9.79. The van der Waals surface area contributed by atoms with E-state index in [1.807, 2.05) is 23.9 Å². The fraction of sp³-hybridized carbons (Fsp3) is 0.533. The molecule has 1 fully saturated rings. The zero-order valence-electron chi connectivity index (χ0n) is 11.8. The molecular weight excluding hydrogens is 480 g/mol. The summed E-state index contributed by atoms with van der Waals surface area (Å²) < 4.78 is 3.11. The van der Waals surface area contributed by atoms with Crippen molar-refractivity contribution in [3.63, 3.8) is 0 Å². The Kier molecular flexibility index (Phi) is 5.09. The average Bonchev–Trinajstić information content (AvgIpc) is 2.81. The molecule has 0 amide bonds. The molecule has 0 saturated heterocycles. The molecule has 1 saturated carbocycles. The molecule has 1 aliphatic heterocycles. The molecule has 0 aromatic heterocycles. The number of rotatable bonds is 1. The van der Waals surface area contributed by atoms with E-state index in [4.69, 9.17) is 4.99 Å². The van der Waals surface area contributed by atoms with Gasteiger partial charge in [0.1, 0.15) is 0 Å². The lowest BCUT2D eigenvalue weighted by Gasteiger charge is -2.32. The topological polar surface area (TPSA) is 24.4 Å². The smallest absolute Gasteiger partial charge is 0.161 e. The van der Waals surface area contributed by atoms with Crippen molar-refractivity contribution in [3.8, 4) is 0 Å². The molecule has 0 atom stereocenters. The van der Waals surface area contributed by atoms with Crippen LogP contribution in [-0.2, 0) is 0 Å². The number of hydrogen-bond acceptors (Lipinski definition) is 3. The summed E-state index contributed by atoms with van der Waals surface area (Å²) in [6.07, 6.45) is 5.08. The number of anilines is 1. The maximum absolute atomic E-state index is 5.03. The highest BCUT2D eigenvalue weighted by molar-refractivity contribution is 9.11. The van der Waals surface area contributed by atoms with Gasteiger partial charge in [0.05, 0.1) is 11.2 Å². The van der Waals surface area contributed by atoms with E-state index in [0.717, 1.165) is 35.9 Å². The van der Waals surface area contributed by atoms with Gasteiger partial charge in [0, 0.05) is 19.2 Å². The van der Waals surface area contributed by atoms with Crippen molar-refractivity contribution >= 4 is 70.4 Å². The second-order valence-corrected chi connectivity index (χ2v) is 9.57. The summed E-state index contributed by atoms with van der Waals surface area (Å²) in [6, 6.07) is 4.09. The molecule has 1 aromatic rings. The van der Waals surface area contributed by atoms with Crippen LogP contribution in [0.4, 0.5) is 5.69 Å². The summed E-state index contributed by atoms with van der Waals surface area (Å²) in [5.41, 5.74) is 1.24. The van der Waals surface area contributed by atoms with Crippen LogP contribution in [0.15, 0.2) is 30.5 Å². The minimum absolute atomic E-state index is 0.188. The molecule has 0 bridgehead atoms. The van der Waals surface area contributed by atoms with Crippen LogP contribution in [0.5, 0.6) is 0 Å². The van der Waals surface area contributed by atoms with Gasteiger partial charge in [-0.25, -0.2) is 0 Å². The van der Waals surface area contributed by atoms with Crippen LogP contribution >= 0.6 is 59.6 Å². The van der Waals surface area contributed by atoms with E-state index in [0.29, 0.717) is 0 Å². The third-order valence-corrected chi connectivity index (χ3v) is 7.12. The number of halogens is 3. The van der Waals surface area contributed by atoms with Gasteiger partial charge in [-0.2, -0.15) is 0 Å². The molecule has 1 heterocycles. The Morgan fingerprint density at radius 1 is 1.19 bits per heavy atom. The summed E-state index contributed by atoms with van der Waals surface area (Å²) in [5.74, 6) is 1.98. The van der Waals surface area contributed by atoms with Gasteiger partial charge >= 0.3 is 0 Å². The zero-order chi connectivity index (χ0) is 15.0. The molecule has 21 heavy (non-hydrogen) atoms. The highest BCUT2D eigenvalue weighted by Gasteiger charge is 2.38. The first-order valence-electron chi connectivity index (χ1n) is 7.12. The van der Waals surface area contributed by atoms with E-state index in [1.54, 1.807) is 0 Å². The van der Waals surface area contributed by atoms with Crippen molar-refractivity contribution in [2.45, 2.75) is 38.1 Å². The van der Waals surface area contributed by atoms with Gasteiger partial charge in [-0.1, -0.05) is 34.6 Å². The first kappa shape index (κ1) is 16.3. The van der Waals surface area contributed by atoms with Crippen molar-refractivity contribution in [3.05, 3.63) is 25.6 Å². The minimum Gasteiger partial charge on any atom is -0.333 e.